The fourth-order valence-corrected chi connectivity index (χ4v) is 8.47. The van der Waals surface area contributed by atoms with Crippen LogP contribution in [-0.2, 0) is 94.1 Å². The van der Waals surface area contributed by atoms with E-state index in [1.54, 1.807) is 60.7 Å². The van der Waals surface area contributed by atoms with E-state index in [1.165, 1.54) is 14.0 Å². The monoisotopic (exact) mass is 1230 g/mol. The highest BCUT2D eigenvalue weighted by Crippen LogP contribution is 2.39. The number of esters is 3. The molecule has 414 valence electrons. The Morgan fingerprint density at radius 1 is 0.587 bits per heavy atom. The van der Waals surface area contributed by atoms with E-state index < -0.39 is 139 Å². The number of hydrogen-bond donors (Lipinski definition) is 3. The van der Waals surface area contributed by atoms with E-state index >= 15 is 0 Å². The van der Waals surface area contributed by atoms with Crippen LogP contribution in [0.2, 0.25) is 0 Å². The predicted octanol–water partition coefficient (Wildman–Crippen LogP) is 5.29. The van der Waals surface area contributed by atoms with Gasteiger partial charge in [0.05, 0.1) is 45.7 Å². The van der Waals surface area contributed by atoms with Crippen molar-refractivity contribution in [2.75, 3.05) is 21.3 Å². The summed E-state index contributed by atoms with van der Waals surface area (Å²) in [4.78, 5) is 84.1. The Morgan fingerprint density at radius 2 is 0.973 bits per heavy atom. The molecule has 5 rings (SSSR count). The van der Waals surface area contributed by atoms with Gasteiger partial charge in [-0.15, -0.1) is 0 Å². The van der Waals surface area contributed by atoms with Gasteiger partial charge in [-0.1, -0.05) is 170 Å². The molecular formula is C43H47Cl9N6O17. The second-order valence-corrected chi connectivity index (χ2v) is 23.2. The first-order valence-electron chi connectivity index (χ1n) is 21.8. The van der Waals surface area contributed by atoms with Crippen LogP contribution in [0.4, 0.5) is 0 Å². The summed E-state index contributed by atoms with van der Waals surface area (Å²) >= 11 is 54.5. The van der Waals surface area contributed by atoms with Gasteiger partial charge >= 0.3 is 17.9 Å². The lowest BCUT2D eigenvalue weighted by Gasteiger charge is -2.51. The van der Waals surface area contributed by atoms with Crippen LogP contribution in [0, 0.1) is 0 Å². The smallest absolute Gasteiger partial charge is 0.339 e. The van der Waals surface area contributed by atoms with E-state index in [9.17, 15) is 34.3 Å². The van der Waals surface area contributed by atoms with E-state index in [-0.39, 0.29) is 13.2 Å². The van der Waals surface area contributed by atoms with Crippen LogP contribution < -0.4 is 16.0 Å². The number of rotatable bonds is 18. The van der Waals surface area contributed by atoms with E-state index in [0.29, 0.717) is 11.1 Å². The Kier molecular flexibility index (Phi) is 23.1. The van der Waals surface area contributed by atoms with Gasteiger partial charge in [0.2, 0.25) is 0 Å². The van der Waals surface area contributed by atoms with Crippen molar-refractivity contribution in [1.82, 2.24) is 16.0 Å². The van der Waals surface area contributed by atoms with Crippen molar-refractivity contribution in [3.05, 3.63) is 82.2 Å². The number of halogens is 9. The lowest BCUT2D eigenvalue weighted by Crippen LogP contribution is -2.72. The highest BCUT2D eigenvalue weighted by molar-refractivity contribution is 6.77. The minimum atomic E-state index is -2.78. The number of carbonyl (C=O) groups is 6. The summed E-state index contributed by atoms with van der Waals surface area (Å²) in [7, 11) is 3.17. The van der Waals surface area contributed by atoms with Gasteiger partial charge in [0, 0.05) is 18.9 Å². The molecular weight excluding hydrogens is 1190 g/mol. The molecule has 2 aromatic rings. The molecule has 0 saturated carbocycles. The molecule has 3 fully saturated rings. The lowest BCUT2D eigenvalue weighted by molar-refractivity contribution is -0.334. The number of alkyl halides is 9. The predicted molar refractivity (Wildman–Crippen MR) is 268 cm³/mol. The zero-order valence-corrected chi connectivity index (χ0v) is 46.3. The van der Waals surface area contributed by atoms with Crippen LogP contribution in [-0.4, -0.2) is 160 Å². The van der Waals surface area contributed by atoms with Crippen molar-refractivity contribution >= 4 is 140 Å². The second kappa shape index (κ2) is 27.6. The van der Waals surface area contributed by atoms with Gasteiger partial charge in [-0.05, 0) is 23.6 Å². The first-order valence-corrected chi connectivity index (χ1v) is 25.2. The number of azide groups is 1. The Bertz CT molecular complexity index is 2350. The molecule has 32 heteroatoms. The first-order chi connectivity index (χ1) is 35.2. The van der Waals surface area contributed by atoms with Gasteiger partial charge < -0.3 is 68.1 Å². The van der Waals surface area contributed by atoms with Crippen LogP contribution in [0.25, 0.3) is 10.4 Å². The summed E-state index contributed by atoms with van der Waals surface area (Å²) in [5.41, 5.74) is 11.1. The Labute approximate surface area is 473 Å². The minimum absolute atomic E-state index is 0.251. The zero-order valence-electron chi connectivity index (χ0n) is 39.5. The molecule has 0 bridgehead atoms. The SMILES string of the molecule is COC(=O)[C@@H]1O[C@@H](O[C@H]2[C@@H](N=[N+]=[N-])[C@@H](C)O[C@@H](O[C@@H]3[C@H](OCc4ccccc4)[C@@H](NC(=O)C(Cl)(Cl)Cl)[C@H](OC)O[C@H]3C(=O)OC)[C@@H]2NC(=O)C(Cl)(Cl)Cl)[C@H](NC(=O)C(Cl)(Cl)Cl)[C@@H](OCc2ccccc2)[C@H]1OC(C)=O. The molecule has 3 N–H and O–H groups in total. The van der Waals surface area contributed by atoms with Gasteiger partial charge in [0.1, 0.15) is 36.4 Å². The summed E-state index contributed by atoms with van der Waals surface area (Å²) in [6.45, 7) is 1.84. The Morgan fingerprint density at radius 3 is 1.39 bits per heavy atom. The molecule has 0 aromatic heterocycles. The summed E-state index contributed by atoms with van der Waals surface area (Å²) < 4.78 is 57.8. The van der Waals surface area contributed by atoms with Crippen molar-refractivity contribution in [1.29, 1.82) is 0 Å². The molecule has 2 aromatic carbocycles. The van der Waals surface area contributed by atoms with Crippen LogP contribution >= 0.6 is 104 Å². The maximum absolute atomic E-state index is 13.9. The number of ether oxygens (including phenoxy) is 11. The van der Waals surface area contributed by atoms with Crippen molar-refractivity contribution < 1.29 is 80.9 Å². The molecule has 75 heavy (non-hydrogen) atoms. The Balaban J connectivity index is 1.72. The third-order valence-corrected chi connectivity index (χ3v) is 12.9. The minimum Gasteiger partial charge on any atom is -0.467 e. The molecule has 0 aliphatic carbocycles. The molecule has 23 nitrogen and oxygen atoms in total. The largest absolute Gasteiger partial charge is 0.467 e. The van der Waals surface area contributed by atoms with Gasteiger partial charge in [-0.3, -0.25) is 19.2 Å². The van der Waals surface area contributed by atoms with Gasteiger partial charge in [-0.2, -0.15) is 0 Å². The maximum atomic E-state index is 13.9. The normalized spacial score (nSPS) is 30.1. The fraction of sp³-hybridized carbons (Fsp3) is 0.581. The molecule has 0 spiro atoms. The van der Waals surface area contributed by atoms with E-state index in [4.69, 9.17) is 157 Å². The van der Waals surface area contributed by atoms with Gasteiger partial charge in [-0.25, -0.2) is 9.59 Å². The summed E-state index contributed by atoms with van der Waals surface area (Å²) in [6, 6.07) is 10.1. The number of benzene rings is 2. The fourth-order valence-electron chi connectivity index (χ4n) is 7.98. The van der Waals surface area contributed by atoms with Crippen molar-refractivity contribution in [2.24, 2.45) is 5.11 Å². The number of nitrogens with zero attached hydrogens (tertiary/aromatic N) is 3. The number of hydrogen-bond acceptors (Lipinski definition) is 18. The van der Waals surface area contributed by atoms with E-state index in [1.807, 2.05) is 0 Å². The van der Waals surface area contributed by atoms with Crippen LogP contribution in [0.3, 0.4) is 0 Å². The molecule has 3 saturated heterocycles. The second-order valence-electron chi connectivity index (χ2n) is 16.3. The van der Waals surface area contributed by atoms with Crippen molar-refractivity contribution in [3.8, 4) is 0 Å². The standard InChI is InChI=1S/C43H47Cl9N6O17/c1-18-22(57-58-53)26(72-37-25(56-40(64)43(50,51)52)28(69-17-21-14-10-7-11-15-21)29(71-19(2)59)31(75-37)33(60)65-3)23(54-38(62)41(44,45)46)36(70-18)73-30-27(68-16-20-12-8-6-9-13-20)24(55-39(63)42(47,48)49)35(67-5)74-32(30)34(61)66-4/h6-15,18,22-32,35-37H,16-17H2,1-5H3,(H,54,62)(H,55,63)(H,56,64)/t18-,22+,23-,24-,25-,26+,27-,28-,29-,30-,31-,32-,35-,36+,37-/m1/s1. The molecule has 15 atom stereocenters. The van der Waals surface area contributed by atoms with Crippen molar-refractivity contribution in [3.63, 3.8) is 0 Å². The highest BCUT2D eigenvalue weighted by Gasteiger charge is 2.59. The quantitative estimate of drug-likeness (QED) is 0.0427. The van der Waals surface area contributed by atoms with Crippen molar-refractivity contribution in [2.45, 2.75) is 130 Å². The maximum Gasteiger partial charge on any atom is 0.339 e. The summed E-state index contributed by atoms with van der Waals surface area (Å²) in [5, 5.41) is 11.3. The zero-order chi connectivity index (χ0) is 55.6. The molecule has 3 aliphatic rings. The third-order valence-electron chi connectivity index (χ3n) is 11.3. The van der Waals surface area contributed by atoms with E-state index in [2.05, 4.69) is 26.0 Å². The molecule has 3 heterocycles. The van der Waals surface area contributed by atoms with Crippen LogP contribution in [0.15, 0.2) is 65.8 Å². The number of amides is 3. The first kappa shape index (κ1) is 62.7. The molecule has 0 unspecified atom stereocenters. The third kappa shape index (κ3) is 16.7. The average Bonchev–Trinajstić information content (AvgIpc) is 3.35. The molecule has 0 radical (unpaired) electrons. The van der Waals surface area contributed by atoms with Gasteiger partial charge in [0.25, 0.3) is 29.1 Å². The van der Waals surface area contributed by atoms with Gasteiger partial charge in [0.15, 0.2) is 37.2 Å². The topological polar surface area (TPSA) is 289 Å². The Hall–Kier alpha value is -3.14. The number of methoxy groups -OCH3 is 3. The summed E-state index contributed by atoms with van der Waals surface area (Å²) in [6.07, 6.45) is -19.5. The van der Waals surface area contributed by atoms with Crippen LogP contribution in [0.5, 0.6) is 0 Å². The van der Waals surface area contributed by atoms with Crippen LogP contribution in [0.1, 0.15) is 25.0 Å². The lowest BCUT2D eigenvalue weighted by atomic mass is 9.92. The average molecular weight is 1240 g/mol. The molecule has 3 amide bonds. The molecule has 3 aliphatic heterocycles. The summed E-state index contributed by atoms with van der Waals surface area (Å²) in [5.74, 6) is -7.14. The van der Waals surface area contributed by atoms with E-state index in [0.717, 1.165) is 21.1 Å². The highest BCUT2D eigenvalue weighted by atomic mass is 35.6. The number of carbonyl (C=O) groups excluding carboxylic acids is 6. The number of nitrogens with one attached hydrogen (secondary N) is 3.